The highest BCUT2D eigenvalue weighted by atomic mass is 16.4. The third kappa shape index (κ3) is 0.730. The lowest BCUT2D eigenvalue weighted by Crippen LogP contribution is -2.51. The highest BCUT2D eigenvalue weighted by Gasteiger charge is 2.12. The Morgan fingerprint density at radius 3 is 3.00 bits per heavy atom. The van der Waals surface area contributed by atoms with Crippen LogP contribution in [0.2, 0.25) is 0 Å². The standard InChI is InChI=1S/C7H7N3O2/c1-8-3-2-6-9(7(11)12)4-5-10(6)8/h2-5H,1H3. The number of carbonyl (C=O) groups is 1. The lowest BCUT2D eigenvalue weighted by atomic mass is 10.7. The van der Waals surface area contributed by atoms with E-state index in [-0.39, 0.29) is 0 Å². The van der Waals surface area contributed by atoms with Crippen molar-refractivity contribution in [3.63, 3.8) is 0 Å². The molecule has 2 aromatic heterocycles. The number of rotatable bonds is 0. The number of carboxylic acid groups (broad SMARTS) is 1. The van der Waals surface area contributed by atoms with Gasteiger partial charge in [0.2, 0.25) is 6.09 Å². The molecule has 0 saturated carbocycles. The normalized spacial score (nSPS) is 10.8. The fraction of sp³-hybridized carbons (Fsp3) is 0.143. The minimum Gasteiger partial charge on any atom is -0.510 e. The van der Waals surface area contributed by atoms with Gasteiger partial charge >= 0.3 is 5.65 Å². The molecule has 2 heterocycles. The van der Waals surface area contributed by atoms with Crippen LogP contribution in [0.5, 0.6) is 0 Å². The Bertz CT molecular complexity index is 440. The first-order chi connectivity index (χ1) is 5.70. The molecule has 0 radical (unpaired) electrons. The van der Waals surface area contributed by atoms with Gasteiger partial charge in [0.1, 0.15) is 6.20 Å². The number of fused-ring (bicyclic) bond motifs is 1. The SMILES string of the molecule is Cn1ccc2n1cc[n+]2C(=O)[O-]. The minimum absolute atomic E-state index is 0.581. The molecule has 5 nitrogen and oxygen atoms in total. The van der Waals surface area contributed by atoms with Gasteiger partial charge in [0.15, 0.2) is 6.20 Å². The van der Waals surface area contributed by atoms with Crippen LogP contribution in [0.25, 0.3) is 5.65 Å². The molecule has 5 heteroatoms. The van der Waals surface area contributed by atoms with E-state index in [0.29, 0.717) is 5.65 Å². The second kappa shape index (κ2) is 2.10. The molecule has 0 bridgehead atoms. The molecule has 2 rings (SSSR count). The van der Waals surface area contributed by atoms with Gasteiger partial charge in [0, 0.05) is 13.2 Å². The van der Waals surface area contributed by atoms with Crippen LogP contribution >= 0.6 is 0 Å². The van der Waals surface area contributed by atoms with Gasteiger partial charge in [-0.3, -0.25) is 0 Å². The summed E-state index contributed by atoms with van der Waals surface area (Å²) in [6.45, 7) is 0. The number of carbonyl (C=O) groups excluding carboxylic acids is 1. The summed E-state index contributed by atoms with van der Waals surface area (Å²) < 4.78 is 4.53. The first-order valence-electron chi connectivity index (χ1n) is 3.46. The van der Waals surface area contributed by atoms with Gasteiger partial charge in [-0.05, 0) is 0 Å². The molecule has 0 spiro atoms. The van der Waals surface area contributed by atoms with Crippen LogP contribution < -0.4 is 9.67 Å². The largest absolute Gasteiger partial charge is 0.510 e. The first kappa shape index (κ1) is 6.90. The van der Waals surface area contributed by atoms with Crippen molar-refractivity contribution in [2.45, 2.75) is 0 Å². The zero-order chi connectivity index (χ0) is 8.72. The molecule has 2 aromatic rings. The Labute approximate surface area is 68.1 Å². The average molecular weight is 165 g/mol. The topological polar surface area (TPSA) is 53.3 Å². The first-order valence-corrected chi connectivity index (χ1v) is 3.46. The average Bonchev–Trinajstić information content (AvgIpc) is 2.53. The molecule has 0 aromatic carbocycles. The Morgan fingerprint density at radius 1 is 1.58 bits per heavy atom. The summed E-state index contributed by atoms with van der Waals surface area (Å²) in [6, 6.07) is 1.70. The Hall–Kier alpha value is -1.78. The molecule has 0 aliphatic heterocycles. The van der Waals surface area contributed by atoms with Gasteiger partial charge in [-0.25, -0.2) is 4.68 Å². The number of hydrogen-bond acceptors (Lipinski definition) is 2. The maximum Gasteiger partial charge on any atom is 0.313 e. The highest BCUT2D eigenvalue weighted by Crippen LogP contribution is 1.96. The monoisotopic (exact) mass is 165 g/mol. The molecule has 0 N–H and O–H groups in total. The van der Waals surface area contributed by atoms with Gasteiger partial charge in [-0.1, -0.05) is 0 Å². The molecule has 0 fully saturated rings. The van der Waals surface area contributed by atoms with Gasteiger partial charge < -0.3 is 9.90 Å². The summed E-state index contributed by atoms with van der Waals surface area (Å²) in [5, 5.41) is 10.5. The van der Waals surface area contributed by atoms with Gasteiger partial charge in [-0.15, -0.1) is 4.52 Å². The van der Waals surface area contributed by atoms with Crippen molar-refractivity contribution in [2.75, 3.05) is 0 Å². The van der Waals surface area contributed by atoms with E-state index in [4.69, 9.17) is 0 Å². The van der Waals surface area contributed by atoms with Gasteiger partial charge in [-0.2, -0.15) is 4.57 Å². The third-order valence-corrected chi connectivity index (χ3v) is 1.81. The number of hydrogen-bond donors (Lipinski definition) is 0. The molecule has 62 valence electrons. The second-order valence-electron chi connectivity index (χ2n) is 2.53. The van der Waals surface area contributed by atoms with Crippen LogP contribution in [0.15, 0.2) is 24.7 Å². The molecule has 0 aliphatic carbocycles. The third-order valence-electron chi connectivity index (χ3n) is 1.81. The van der Waals surface area contributed by atoms with E-state index >= 15 is 0 Å². The van der Waals surface area contributed by atoms with Crippen molar-refractivity contribution in [1.29, 1.82) is 0 Å². The molecule has 12 heavy (non-hydrogen) atoms. The van der Waals surface area contributed by atoms with E-state index in [9.17, 15) is 9.90 Å². The van der Waals surface area contributed by atoms with Crippen molar-refractivity contribution < 1.29 is 14.5 Å². The van der Waals surface area contributed by atoms with Crippen molar-refractivity contribution >= 4 is 11.7 Å². The Kier molecular flexibility index (Phi) is 1.21. The van der Waals surface area contributed by atoms with Crippen LogP contribution in [-0.4, -0.2) is 15.3 Å². The lowest BCUT2D eigenvalue weighted by molar-refractivity contribution is -0.607. The fourth-order valence-electron chi connectivity index (χ4n) is 1.22. The fourth-order valence-corrected chi connectivity index (χ4v) is 1.22. The van der Waals surface area contributed by atoms with Crippen molar-refractivity contribution in [2.24, 2.45) is 7.05 Å². The van der Waals surface area contributed by atoms with Crippen LogP contribution in [0, 0.1) is 0 Å². The van der Waals surface area contributed by atoms with E-state index in [1.807, 2.05) is 7.05 Å². The number of nitrogens with zero attached hydrogens (tertiary/aromatic N) is 3. The summed E-state index contributed by atoms with van der Waals surface area (Å²) in [6.07, 6.45) is 3.66. The molecular weight excluding hydrogens is 158 g/mol. The maximum absolute atomic E-state index is 10.5. The van der Waals surface area contributed by atoms with Gasteiger partial charge in [0.05, 0.1) is 6.07 Å². The number of aryl methyl sites for hydroxylation is 1. The Balaban J connectivity index is 2.79. The predicted octanol–water partition coefficient (Wildman–Crippen LogP) is -1.24. The van der Waals surface area contributed by atoms with Crippen molar-refractivity contribution in [3.05, 3.63) is 24.7 Å². The van der Waals surface area contributed by atoms with Crippen LogP contribution in [0.1, 0.15) is 0 Å². The van der Waals surface area contributed by atoms with Crippen LogP contribution in [0.3, 0.4) is 0 Å². The molecule has 0 saturated heterocycles. The molecule has 0 atom stereocenters. The quantitative estimate of drug-likeness (QED) is 0.458. The van der Waals surface area contributed by atoms with Crippen LogP contribution in [0.4, 0.5) is 4.79 Å². The van der Waals surface area contributed by atoms with E-state index < -0.39 is 6.09 Å². The van der Waals surface area contributed by atoms with Crippen molar-refractivity contribution in [1.82, 2.24) is 9.20 Å². The minimum atomic E-state index is -1.22. The van der Waals surface area contributed by atoms with E-state index in [0.717, 1.165) is 4.57 Å². The summed E-state index contributed by atoms with van der Waals surface area (Å²) in [7, 11) is 1.83. The van der Waals surface area contributed by atoms with Crippen molar-refractivity contribution in [3.8, 4) is 0 Å². The highest BCUT2D eigenvalue weighted by molar-refractivity contribution is 5.54. The molecule has 0 aliphatic rings. The zero-order valence-electron chi connectivity index (χ0n) is 6.47. The summed E-state index contributed by atoms with van der Waals surface area (Å²) in [4.78, 5) is 10.5. The smallest absolute Gasteiger partial charge is 0.313 e. The molecule has 0 amide bonds. The van der Waals surface area contributed by atoms with Crippen LogP contribution in [-0.2, 0) is 7.05 Å². The molecule has 0 unspecified atom stereocenters. The predicted molar refractivity (Wildman–Crippen MR) is 37.4 cm³/mol. The van der Waals surface area contributed by atoms with E-state index in [2.05, 4.69) is 0 Å². The Morgan fingerprint density at radius 2 is 2.33 bits per heavy atom. The van der Waals surface area contributed by atoms with E-state index in [1.165, 1.54) is 6.20 Å². The zero-order valence-corrected chi connectivity index (χ0v) is 6.47. The summed E-state index contributed by atoms with van der Waals surface area (Å²) in [5.41, 5.74) is 0.581. The summed E-state index contributed by atoms with van der Waals surface area (Å²) in [5.74, 6) is 0. The van der Waals surface area contributed by atoms with Gasteiger partial charge in [0.25, 0.3) is 0 Å². The molecular formula is C7H7N3O2. The maximum atomic E-state index is 10.5. The summed E-state index contributed by atoms with van der Waals surface area (Å²) >= 11 is 0. The lowest BCUT2D eigenvalue weighted by Gasteiger charge is -1.91. The van der Waals surface area contributed by atoms with E-state index in [1.54, 1.807) is 27.7 Å². The second-order valence-corrected chi connectivity index (χ2v) is 2.53. The number of imidazole rings is 1. The number of aromatic nitrogens is 3.